The number of alkyl halides is 1. The summed E-state index contributed by atoms with van der Waals surface area (Å²) in [6.07, 6.45) is 2.78. The zero-order valence-corrected chi connectivity index (χ0v) is 22.2. The number of fused-ring (bicyclic) bond motifs is 1. The molecule has 4 rings (SSSR count). The van der Waals surface area contributed by atoms with Crippen molar-refractivity contribution in [3.8, 4) is 11.5 Å². The summed E-state index contributed by atoms with van der Waals surface area (Å²) in [4.78, 5) is 8.57. The van der Waals surface area contributed by atoms with Crippen LogP contribution >= 0.6 is 0 Å². The van der Waals surface area contributed by atoms with Gasteiger partial charge >= 0.3 is 0 Å². The molecule has 6 nitrogen and oxygen atoms in total. The van der Waals surface area contributed by atoms with Crippen molar-refractivity contribution in [2.24, 2.45) is 5.41 Å². The maximum atomic E-state index is 16.0. The Bertz CT molecular complexity index is 1210. The molecule has 1 saturated heterocycles. The van der Waals surface area contributed by atoms with Gasteiger partial charge in [-0.1, -0.05) is 0 Å². The Morgan fingerprint density at radius 3 is 2.42 bits per heavy atom. The molecule has 2 aromatic carbocycles. The van der Waals surface area contributed by atoms with E-state index >= 15 is 4.39 Å². The summed E-state index contributed by atoms with van der Waals surface area (Å²) in [7, 11) is 5.33. The molecule has 0 amide bonds. The van der Waals surface area contributed by atoms with E-state index in [2.05, 4.69) is 9.88 Å². The van der Waals surface area contributed by atoms with Crippen LogP contribution in [0.3, 0.4) is 0 Å². The van der Waals surface area contributed by atoms with Crippen LogP contribution in [0.5, 0.6) is 11.5 Å². The van der Waals surface area contributed by atoms with Gasteiger partial charge in [0.2, 0.25) is 0 Å². The van der Waals surface area contributed by atoms with Gasteiger partial charge in [0.1, 0.15) is 35.9 Å². The monoisotopic (exact) mass is 531 g/mol. The van der Waals surface area contributed by atoms with E-state index in [0.717, 1.165) is 55.2 Å². The Labute approximate surface area is 222 Å². The Hall–Kier alpha value is -3.04. The second-order valence-corrected chi connectivity index (χ2v) is 10.3. The molecule has 1 aromatic heterocycles. The lowest BCUT2D eigenvalue weighted by Crippen LogP contribution is -2.43. The lowest BCUT2D eigenvalue weighted by molar-refractivity contribution is 0.0266. The van der Waals surface area contributed by atoms with Crippen molar-refractivity contribution in [1.29, 1.82) is 0 Å². The number of ether oxygens (including phenoxy) is 2. The van der Waals surface area contributed by atoms with Gasteiger partial charge < -0.3 is 19.5 Å². The second-order valence-electron chi connectivity index (χ2n) is 10.3. The average Bonchev–Trinajstić information content (AvgIpc) is 2.91. The number of nitrogens with zero attached hydrogens (tertiary/aromatic N) is 3. The minimum atomic E-state index is -1.23. The van der Waals surface area contributed by atoms with E-state index in [1.54, 1.807) is 13.3 Å². The zero-order valence-electron chi connectivity index (χ0n) is 22.2. The van der Waals surface area contributed by atoms with Gasteiger partial charge in [0, 0.05) is 56.4 Å². The van der Waals surface area contributed by atoms with Gasteiger partial charge in [0.25, 0.3) is 0 Å². The van der Waals surface area contributed by atoms with Crippen LogP contribution < -0.4 is 14.4 Å². The number of aromatic nitrogens is 1. The molecule has 38 heavy (non-hydrogen) atoms. The average molecular weight is 532 g/mol. The number of halogens is 3. The molecule has 0 spiro atoms. The fourth-order valence-electron chi connectivity index (χ4n) is 5.21. The second kappa shape index (κ2) is 12.2. The summed E-state index contributed by atoms with van der Waals surface area (Å²) in [5.41, 5.74) is 1.67. The van der Waals surface area contributed by atoms with E-state index < -0.39 is 17.8 Å². The molecule has 9 heteroatoms. The first kappa shape index (κ1) is 28.0. The molecule has 1 atom stereocenters. The summed E-state index contributed by atoms with van der Waals surface area (Å²) in [6.45, 7) is 2.36. The largest absolute Gasteiger partial charge is 0.497 e. The fraction of sp³-hybridized carbons (Fsp3) is 0.483. The van der Waals surface area contributed by atoms with Gasteiger partial charge in [-0.25, -0.2) is 13.2 Å². The Balaban J connectivity index is 1.37. The van der Waals surface area contributed by atoms with Gasteiger partial charge in [-0.2, -0.15) is 0 Å². The van der Waals surface area contributed by atoms with Crippen LogP contribution in [0.2, 0.25) is 0 Å². The lowest BCUT2D eigenvalue weighted by Gasteiger charge is -2.41. The van der Waals surface area contributed by atoms with Crippen LogP contribution in [0.15, 0.2) is 42.6 Å². The van der Waals surface area contributed by atoms with Gasteiger partial charge in [0.15, 0.2) is 0 Å². The number of anilines is 1. The number of aliphatic hydroxyl groups excluding tert-OH is 1. The fourth-order valence-corrected chi connectivity index (χ4v) is 5.21. The predicted octanol–water partition coefficient (Wildman–Crippen LogP) is 5.53. The van der Waals surface area contributed by atoms with Crippen molar-refractivity contribution in [2.45, 2.75) is 31.9 Å². The first-order valence-corrected chi connectivity index (χ1v) is 12.9. The number of likely N-dealkylation sites (tertiary alicyclic amines) is 1. The van der Waals surface area contributed by atoms with E-state index in [4.69, 9.17) is 9.47 Å². The molecule has 1 fully saturated rings. The maximum Gasteiger partial charge on any atom is 0.129 e. The van der Waals surface area contributed by atoms with E-state index in [-0.39, 0.29) is 24.2 Å². The number of aliphatic hydroxyl groups is 1. The number of pyridine rings is 1. The maximum absolute atomic E-state index is 16.0. The van der Waals surface area contributed by atoms with Crippen LogP contribution in [0.1, 0.15) is 37.4 Å². The van der Waals surface area contributed by atoms with Crippen molar-refractivity contribution >= 4 is 16.6 Å². The molecule has 0 aliphatic carbocycles. The molecule has 0 unspecified atom stereocenters. The van der Waals surface area contributed by atoms with Gasteiger partial charge in [0.05, 0.1) is 24.5 Å². The molecular weight excluding hydrogens is 495 g/mol. The minimum absolute atomic E-state index is 0.00190. The normalized spacial score (nSPS) is 16.4. The zero-order chi connectivity index (χ0) is 27.3. The van der Waals surface area contributed by atoms with Crippen LogP contribution in [0.4, 0.5) is 18.9 Å². The van der Waals surface area contributed by atoms with E-state index in [0.29, 0.717) is 36.4 Å². The lowest BCUT2D eigenvalue weighted by atomic mass is 9.74. The third kappa shape index (κ3) is 6.50. The SMILES string of the molecule is COc1ccc2ncc(N(C)C)c([C@@H](F)CCC3(CO)CCN(CCOc4cc(F)cc(F)c4)CC3)c2c1. The summed E-state index contributed by atoms with van der Waals surface area (Å²) in [5.74, 6) is -0.534. The van der Waals surface area contributed by atoms with Crippen molar-refractivity contribution < 1.29 is 27.8 Å². The first-order valence-electron chi connectivity index (χ1n) is 12.9. The standard InChI is InChI=1S/C29H36F3N3O3/c1-34(2)27-18-33-26-5-4-22(37-3)17-24(26)28(27)25(32)6-7-29(19-36)8-10-35(11-9-29)12-13-38-23-15-20(30)14-21(31)16-23/h4-5,14-18,25,36H,6-13,19H2,1-3H3/t25-/m0/s1. The van der Waals surface area contributed by atoms with Crippen molar-refractivity contribution in [2.75, 3.05) is 59.0 Å². The molecule has 1 aliphatic heterocycles. The molecule has 206 valence electrons. The minimum Gasteiger partial charge on any atom is -0.497 e. The van der Waals surface area contributed by atoms with Crippen LogP contribution in [-0.4, -0.2) is 69.0 Å². The van der Waals surface area contributed by atoms with Crippen LogP contribution in [0.25, 0.3) is 10.9 Å². The number of benzene rings is 2. The highest BCUT2D eigenvalue weighted by Crippen LogP contribution is 2.42. The number of piperidine rings is 1. The molecule has 1 aliphatic rings. The molecule has 2 heterocycles. The molecule has 0 saturated carbocycles. The summed E-state index contributed by atoms with van der Waals surface area (Å²) in [6, 6.07) is 8.61. The first-order chi connectivity index (χ1) is 18.2. The van der Waals surface area contributed by atoms with E-state index in [1.165, 1.54) is 0 Å². The van der Waals surface area contributed by atoms with Crippen molar-refractivity contribution in [3.63, 3.8) is 0 Å². The summed E-state index contributed by atoms with van der Waals surface area (Å²) in [5, 5.41) is 11.0. The highest BCUT2D eigenvalue weighted by atomic mass is 19.1. The molecule has 1 N–H and O–H groups in total. The van der Waals surface area contributed by atoms with Crippen LogP contribution in [-0.2, 0) is 0 Å². The Morgan fingerprint density at radius 2 is 1.79 bits per heavy atom. The van der Waals surface area contributed by atoms with Crippen molar-refractivity contribution in [3.05, 3.63) is 59.8 Å². The third-order valence-electron chi connectivity index (χ3n) is 7.58. The third-order valence-corrected chi connectivity index (χ3v) is 7.58. The summed E-state index contributed by atoms with van der Waals surface area (Å²) < 4.78 is 53.6. The van der Waals surface area contributed by atoms with E-state index in [1.807, 2.05) is 37.2 Å². The Kier molecular flexibility index (Phi) is 8.99. The highest BCUT2D eigenvalue weighted by molar-refractivity contribution is 5.88. The topological polar surface area (TPSA) is 58.1 Å². The molecule has 0 radical (unpaired) electrons. The highest BCUT2D eigenvalue weighted by Gasteiger charge is 2.35. The van der Waals surface area contributed by atoms with Gasteiger partial charge in [-0.15, -0.1) is 0 Å². The van der Waals surface area contributed by atoms with E-state index in [9.17, 15) is 13.9 Å². The molecule has 3 aromatic rings. The van der Waals surface area contributed by atoms with Crippen molar-refractivity contribution in [1.82, 2.24) is 9.88 Å². The quantitative estimate of drug-likeness (QED) is 0.351. The van der Waals surface area contributed by atoms with Gasteiger partial charge in [-0.05, 0) is 62.4 Å². The molecular formula is C29H36F3N3O3. The number of hydrogen-bond donors (Lipinski definition) is 1. The van der Waals surface area contributed by atoms with Crippen LogP contribution in [0, 0.1) is 17.0 Å². The van der Waals surface area contributed by atoms with Gasteiger partial charge in [-0.3, -0.25) is 9.88 Å². The Morgan fingerprint density at radius 1 is 1.08 bits per heavy atom. The molecule has 0 bridgehead atoms. The number of methoxy groups -OCH3 is 1. The number of hydrogen-bond acceptors (Lipinski definition) is 6. The predicted molar refractivity (Wildman–Crippen MR) is 143 cm³/mol. The number of rotatable bonds is 11. The summed E-state index contributed by atoms with van der Waals surface area (Å²) >= 11 is 0. The smallest absolute Gasteiger partial charge is 0.129 e.